The molecule has 0 unspecified atom stereocenters. The molecule has 1 atom stereocenters. The number of carboxylic acids is 1. The molecular weight excluding hydrogens is 240 g/mol. The Morgan fingerprint density at radius 2 is 2.35 bits per heavy atom. The molecule has 0 bridgehead atoms. The molecule has 17 heavy (non-hydrogen) atoms. The van der Waals surface area contributed by atoms with Crippen molar-refractivity contribution in [2.24, 2.45) is 4.99 Å². The Bertz CT molecular complexity index is 454. The highest BCUT2D eigenvalue weighted by molar-refractivity contribution is 8.14. The van der Waals surface area contributed by atoms with E-state index in [0.29, 0.717) is 0 Å². The van der Waals surface area contributed by atoms with Crippen molar-refractivity contribution in [1.29, 1.82) is 0 Å². The molecule has 1 aliphatic carbocycles. The van der Waals surface area contributed by atoms with Crippen LogP contribution in [0.5, 0.6) is 0 Å². The molecule has 0 amide bonds. The van der Waals surface area contributed by atoms with Crippen LogP contribution in [0.4, 0.5) is 0 Å². The van der Waals surface area contributed by atoms with Crippen molar-refractivity contribution >= 4 is 28.7 Å². The lowest BCUT2D eigenvalue weighted by atomic mass is 10.0. The Balaban J connectivity index is 2.23. The number of carboxylic acid groups (broad SMARTS) is 1. The van der Waals surface area contributed by atoms with Crippen molar-refractivity contribution in [2.75, 3.05) is 19.3 Å². The fraction of sp³-hybridized carbons (Fsp3) is 0.364. The molecular formula is C11H12N2O3S. The minimum atomic E-state index is -1.04. The molecule has 1 heterocycles. The number of aliphatic imine (C=N–C) groups is 1. The number of rotatable bonds is 2. The molecule has 0 saturated carbocycles. The van der Waals surface area contributed by atoms with Gasteiger partial charge in [0.1, 0.15) is 6.04 Å². The summed E-state index contributed by atoms with van der Waals surface area (Å²) in [4.78, 5) is 28.7. The summed E-state index contributed by atoms with van der Waals surface area (Å²) in [6.07, 6.45) is 3.98. The third-order valence-electron chi connectivity index (χ3n) is 2.54. The van der Waals surface area contributed by atoms with Crippen LogP contribution in [0.3, 0.4) is 0 Å². The van der Waals surface area contributed by atoms with Crippen LogP contribution in [0.1, 0.15) is 0 Å². The average Bonchev–Trinajstić information content (AvgIpc) is 2.67. The predicted molar refractivity (Wildman–Crippen MR) is 66.2 cm³/mol. The second-order valence-corrected chi connectivity index (χ2v) is 4.85. The van der Waals surface area contributed by atoms with E-state index in [1.165, 1.54) is 18.2 Å². The van der Waals surface area contributed by atoms with Gasteiger partial charge in [-0.2, -0.15) is 0 Å². The molecule has 0 aromatic heterocycles. The van der Waals surface area contributed by atoms with Gasteiger partial charge >= 0.3 is 5.97 Å². The van der Waals surface area contributed by atoms with Crippen LogP contribution in [-0.4, -0.2) is 52.3 Å². The van der Waals surface area contributed by atoms with Crippen molar-refractivity contribution in [3.8, 4) is 0 Å². The first-order chi connectivity index (χ1) is 8.08. The molecule has 0 spiro atoms. The van der Waals surface area contributed by atoms with Gasteiger partial charge in [-0.25, -0.2) is 9.79 Å². The fourth-order valence-corrected chi connectivity index (χ4v) is 2.60. The van der Waals surface area contributed by atoms with Crippen LogP contribution in [-0.2, 0) is 9.59 Å². The van der Waals surface area contributed by atoms with E-state index >= 15 is 0 Å². The van der Waals surface area contributed by atoms with Gasteiger partial charge in [-0.1, -0.05) is 11.8 Å². The Hall–Kier alpha value is -1.56. The fourth-order valence-electron chi connectivity index (χ4n) is 1.56. The lowest BCUT2D eigenvalue weighted by Gasteiger charge is -2.14. The number of carbonyl (C=O) groups is 2. The van der Waals surface area contributed by atoms with Crippen molar-refractivity contribution < 1.29 is 14.7 Å². The highest BCUT2D eigenvalue weighted by Crippen LogP contribution is 2.19. The summed E-state index contributed by atoms with van der Waals surface area (Å²) in [7, 11) is 1.91. The molecule has 2 rings (SSSR count). The number of thioether (sulfide) groups is 1. The number of hydrogen-bond acceptors (Lipinski definition) is 4. The van der Waals surface area contributed by atoms with Gasteiger partial charge in [0.15, 0.2) is 11.0 Å². The number of aliphatic carboxylic acids is 1. The molecule has 90 valence electrons. The molecule has 1 aliphatic heterocycles. The molecule has 2 aliphatic rings. The topological polar surface area (TPSA) is 70.0 Å². The van der Waals surface area contributed by atoms with Gasteiger partial charge in [-0.15, -0.1) is 0 Å². The predicted octanol–water partition coefficient (Wildman–Crippen LogP) is 0.540. The SMILES string of the molecule is CN1CCSC1=N[C@H]1C=C(C(=O)O)C=CC1=O. The molecule has 1 saturated heterocycles. The lowest BCUT2D eigenvalue weighted by molar-refractivity contribution is -0.132. The van der Waals surface area contributed by atoms with E-state index in [4.69, 9.17) is 5.11 Å². The quantitative estimate of drug-likeness (QED) is 0.776. The minimum absolute atomic E-state index is 0.115. The Labute approximate surface area is 103 Å². The second kappa shape index (κ2) is 4.75. The number of nitrogens with zero attached hydrogens (tertiary/aromatic N) is 2. The van der Waals surface area contributed by atoms with Crippen LogP contribution in [0, 0.1) is 0 Å². The summed E-state index contributed by atoms with van der Waals surface area (Å²) in [6, 6.07) is -0.700. The molecule has 0 radical (unpaired) electrons. The van der Waals surface area contributed by atoms with Crippen LogP contribution in [0.15, 0.2) is 28.8 Å². The molecule has 1 fully saturated rings. The Morgan fingerprint density at radius 1 is 1.59 bits per heavy atom. The van der Waals surface area contributed by atoms with E-state index in [2.05, 4.69) is 4.99 Å². The summed E-state index contributed by atoms with van der Waals surface area (Å²) in [6.45, 7) is 0.899. The summed E-state index contributed by atoms with van der Waals surface area (Å²) < 4.78 is 0. The van der Waals surface area contributed by atoms with Gasteiger partial charge in [-0.3, -0.25) is 4.79 Å². The van der Waals surface area contributed by atoms with Gasteiger partial charge < -0.3 is 10.0 Å². The first kappa shape index (κ1) is 11.9. The number of amidine groups is 1. The summed E-state index contributed by atoms with van der Waals surface area (Å²) in [5.41, 5.74) is 0.115. The molecule has 1 N–H and O–H groups in total. The third-order valence-corrected chi connectivity index (χ3v) is 3.60. The van der Waals surface area contributed by atoms with Crippen LogP contribution in [0.2, 0.25) is 0 Å². The molecule has 6 heteroatoms. The van der Waals surface area contributed by atoms with Gasteiger partial charge in [-0.05, 0) is 18.2 Å². The Morgan fingerprint density at radius 3 is 2.94 bits per heavy atom. The van der Waals surface area contributed by atoms with Crippen molar-refractivity contribution in [2.45, 2.75) is 6.04 Å². The smallest absolute Gasteiger partial charge is 0.335 e. The first-order valence-electron chi connectivity index (χ1n) is 5.16. The van der Waals surface area contributed by atoms with Crippen LogP contribution in [0.25, 0.3) is 0 Å². The highest BCUT2D eigenvalue weighted by atomic mass is 32.2. The number of carbonyl (C=O) groups excluding carboxylic acids is 1. The summed E-state index contributed by atoms with van der Waals surface area (Å²) >= 11 is 1.58. The first-order valence-corrected chi connectivity index (χ1v) is 6.15. The Kier molecular flexibility index (Phi) is 3.33. The van der Waals surface area contributed by atoms with E-state index in [9.17, 15) is 9.59 Å². The van der Waals surface area contributed by atoms with Gasteiger partial charge in [0.2, 0.25) is 0 Å². The van der Waals surface area contributed by atoms with E-state index < -0.39 is 12.0 Å². The normalized spacial score (nSPS) is 26.5. The monoisotopic (exact) mass is 252 g/mol. The number of hydrogen-bond donors (Lipinski definition) is 1. The zero-order valence-electron chi connectivity index (χ0n) is 9.29. The third kappa shape index (κ3) is 2.58. The second-order valence-electron chi connectivity index (χ2n) is 3.79. The standard InChI is InChI=1S/C11H12N2O3S/c1-13-4-5-17-11(13)12-8-6-7(10(15)16)2-3-9(8)14/h2-3,6,8H,4-5H2,1H3,(H,15,16)/t8-/m0/s1. The maximum absolute atomic E-state index is 11.6. The van der Waals surface area contributed by atoms with Crippen molar-refractivity contribution in [3.63, 3.8) is 0 Å². The largest absolute Gasteiger partial charge is 0.478 e. The van der Waals surface area contributed by atoms with Crippen LogP contribution >= 0.6 is 11.8 Å². The van der Waals surface area contributed by atoms with E-state index in [1.807, 2.05) is 11.9 Å². The zero-order valence-corrected chi connectivity index (χ0v) is 10.1. The lowest BCUT2D eigenvalue weighted by Crippen LogP contribution is -2.25. The molecule has 0 aromatic carbocycles. The van der Waals surface area contributed by atoms with Crippen molar-refractivity contribution in [3.05, 3.63) is 23.8 Å². The summed E-state index contributed by atoms with van der Waals surface area (Å²) in [5.74, 6) is -0.267. The van der Waals surface area contributed by atoms with E-state index in [1.54, 1.807) is 11.8 Å². The number of ketones is 1. The van der Waals surface area contributed by atoms with E-state index in [0.717, 1.165) is 17.5 Å². The maximum atomic E-state index is 11.6. The maximum Gasteiger partial charge on any atom is 0.335 e. The molecule has 0 aromatic rings. The van der Waals surface area contributed by atoms with Gasteiger partial charge in [0, 0.05) is 19.3 Å². The van der Waals surface area contributed by atoms with Crippen LogP contribution < -0.4 is 0 Å². The molecule has 5 nitrogen and oxygen atoms in total. The van der Waals surface area contributed by atoms with E-state index in [-0.39, 0.29) is 11.4 Å². The van der Waals surface area contributed by atoms with Crippen molar-refractivity contribution in [1.82, 2.24) is 4.90 Å². The zero-order chi connectivity index (χ0) is 12.4. The van der Waals surface area contributed by atoms with Gasteiger partial charge in [0.25, 0.3) is 0 Å². The highest BCUT2D eigenvalue weighted by Gasteiger charge is 2.23. The van der Waals surface area contributed by atoms with Gasteiger partial charge in [0.05, 0.1) is 5.57 Å². The average molecular weight is 252 g/mol. The minimum Gasteiger partial charge on any atom is -0.478 e. The summed E-state index contributed by atoms with van der Waals surface area (Å²) in [5, 5.41) is 9.65.